The molecule has 0 saturated carbocycles. The molecule has 2 aromatic carbocycles. The van der Waals surface area contributed by atoms with Crippen LogP contribution in [0.25, 0.3) is 0 Å². The molecule has 0 unspecified atom stereocenters. The predicted octanol–water partition coefficient (Wildman–Crippen LogP) is 1.63. The molecule has 5 atom stereocenters. The minimum absolute atomic E-state index is 0.0481. The molecule has 12 heteroatoms. The lowest BCUT2D eigenvalue weighted by Crippen LogP contribution is -2.59. The van der Waals surface area contributed by atoms with E-state index in [9.17, 15) is 22.8 Å². The van der Waals surface area contributed by atoms with E-state index in [1.165, 1.54) is 12.1 Å². The molecule has 0 bridgehead atoms. The van der Waals surface area contributed by atoms with Crippen molar-refractivity contribution >= 4 is 27.7 Å². The number of amides is 3. The Hall–Kier alpha value is -3.48. The molecular weight excluding hydrogens is 570 g/mol. The van der Waals surface area contributed by atoms with Crippen LogP contribution in [0.2, 0.25) is 0 Å². The number of methoxy groups -OCH3 is 1. The Kier molecular flexibility index (Phi) is 10.8. The van der Waals surface area contributed by atoms with E-state index in [2.05, 4.69) is 15.4 Å². The van der Waals surface area contributed by atoms with Crippen molar-refractivity contribution in [2.45, 2.75) is 81.4 Å². The normalized spacial score (nSPS) is 22.8. The molecule has 0 aliphatic carbocycles. The molecule has 43 heavy (non-hydrogen) atoms. The first-order valence-corrected chi connectivity index (χ1v) is 16.4. The second-order valence-corrected chi connectivity index (χ2v) is 13.2. The number of carbonyl (C=O) groups is 3. The Balaban J connectivity index is 1.47. The fraction of sp³-hybridized carbons (Fsp3) is 0.516. The Morgan fingerprint density at radius 2 is 1.72 bits per heavy atom. The van der Waals surface area contributed by atoms with Crippen LogP contribution in [0.3, 0.4) is 0 Å². The van der Waals surface area contributed by atoms with Gasteiger partial charge in [0.15, 0.2) is 0 Å². The van der Waals surface area contributed by atoms with Gasteiger partial charge in [0.1, 0.15) is 17.8 Å². The van der Waals surface area contributed by atoms with Crippen LogP contribution in [0.4, 0.5) is 0 Å². The summed E-state index contributed by atoms with van der Waals surface area (Å²) in [6.45, 7) is 4.00. The molecule has 2 aliphatic heterocycles. The quantitative estimate of drug-likeness (QED) is 0.283. The van der Waals surface area contributed by atoms with Gasteiger partial charge in [-0.1, -0.05) is 36.8 Å². The van der Waals surface area contributed by atoms with Gasteiger partial charge in [0, 0.05) is 25.0 Å². The Labute approximate surface area is 254 Å². The standard InChI is InChI=1S/C31H43N5O6S/c1-4-26(32)29(37)35-28-22(19-34-43(40,41)25-14-5-20(2)6-15-25)9-10-23-11-16-27(36(23)31(28)39)30(38)33-18-17-21-7-12-24(42-3)13-8-21/h5-8,12-15,22-23,26-28,34H,4,9-11,16-19,32H2,1-3H3,(H,33,38)(H,35,37)/t22-,23+,26+,27+,28+/m1/s1. The predicted molar refractivity (Wildman–Crippen MR) is 163 cm³/mol. The zero-order chi connectivity index (χ0) is 31.1. The lowest BCUT2D eigenvalue weighted by Gasteiger charge is -2.32. The van der Waals surface area contributed by atoms with Gasteiger partial charge < -0.3 is 26.0 Å². The van der Waals surface area contributed by atoms with Crippen LogP contribution < -0.4 is 25.8 Å². The highest BCUT2D eigenvalue weighted by atomic mass is 32.2. The van der Waals surface area contributed by atoms with E-state index in [0.29, 0.717) is 45.1 Å². The number of rotatable bonds is 12. The molecule has 2 fully saturated rings. The number of nitrogens with zero attached hydrogens (tertiary/aromatic N) is 1. The van der Waals surface area contributed by atoms with Crippen molar-refractivity contribution in [3.63, 3.8) is 0 Å². The smallest absolute Gasteiger partial charge is 0.246 e. The van der Waals surface area contributed by atoms with E-state index >= 15 is 0 Å². The minimum atomic E-state index is -3.84. The van der Waals surface area contributed by atoms with Crippen molar-refractivity contribution in [3.8, 4) is 5.75 Å². The van der Waals surface area contributed by atoms with Gasteiger partial charge in [0.2, 0.25) is 27.7 Å². The van der Waals surface area contributed by atoms with E-state index in [4.69, 9.17) is 10.5 Å². The molecule has 2 saturated heterocycles. The average Bonchev–Trinajstić information content (AvgIpc) is 3.38. The molecule has 3 amide bonds. The van der Waals surface area contributed by atoms with Crippen LogP contribution in [-0.4, -0.2) is 75.4 Å². The Morgan fingerprint density at radius 1 is 1.05 bits per heavy atom. The molecule has 0 aromatic heterocycles. The fourth-order valence-electron chi connectivity index (χ4n) is 5.80. The van der Waals surface area contributed by atoms with Crippen molar-refractivity contribution in [1.29, 1.82) is 0 Å². The van der Waals surface area contributed by atoms with Gasteiger partial charge in [-0.3, -0.25) is 14.4 Å². The third-order valence-corrected chi connectivity index (χ3v) is 9.92. The Bertz CT molecular complexity index is 1380. The summed E-state index contributed by atoms with van der Waals surface area (Å²) in [5.74, 6) is -0.868. The van der Waals surface area contributed by atoms with Crippen molar-refractivity contribution < 1.29 is 27.5 Å². The van der Waals surface area contributed by atoms with E-state index in [0.717, 1.165) is 16.9 Å². The number of fused-ring (bicyclic) bond motifs is 1. The molecule has 0 radical (unpaired) electrons. The number of aryl methyl sites for hydroxylation is 1. The molecular formula is C31H43N5O6S. The maximum absolute atomic E-state index is 14.1. The van der Waals surface area contributed by atoms with Crippen LogP contribution in [0.15, 0.2) is 53.4 Å². The molecule has 234 valence electrons. The van der Waals surface area contributed by atoms with Gasteiger partial charge in [-0.2, -0.15) is 0 Å². The van der Waals surface area contributed by atoms with Crippen molar-refractivity contribution in [1.82, 2.24) is 20.3 Å². The van der Waals surface area contributed by atoms with E-state index < -0.39 is 40.0 Å². The van der Waals surface area contributed by atoms with Crippen LogP contribution in [-0.2, 0) is 30.8 Å². The summed E-state index contributed by atoms with van der Waals surface area (Å²) in [5.41, 5.74) is 7.95. The number of nitrogens with one attached hydrogen (secondary N) is 3. The molecule has 11 nitrogen and oxygen atoms in total. The first kappa shape index (κ1) is 32.4. The maximum Gasteiger partial charge on any atom is 0.246 e. The topological polar surface area (TPSA) is 160 Å². The zero-order valence-corrected chi connectivity index (χ0v) is 25.9. The molecule has 5 N–H and O–H groups in total. The monoisotopic (exact) mass is 613 g/mol. The molecule has 4 rings (SSSR count). The summed E-state index contributed by atoms with van der Waals surface area (Å²) >= 11 is 0. The second-order valence-electron chi connectivity index (χ2n) is 11.4. The van der Waals surface area contributed by atoms with Gasteiger partial charge in [0.05, 0.1) is 18.0 Å². The number of benzene rings is 2. The number of sulfonamides is 1. The lowest BCUT2D eigenvalue weighted by molar-refractivity contribution is -0.143. The summed E-state index contributed by atoms with van der Waals surface area (Å²) < 4.78 is 33.9. The SMILES string of the molecule is CC[C@H](N)C(=O)N[C@@H]1C(=O)N2[C@@H](CC[C@@H]1CNS(=O)(=O)c1ccc(C)cc1)CC[C@H]2C(=O)NCCc1ccc(OC)cc1. The van der Waals surface area contributed by atoms with Crippen molar-refractivity contribution in [2.75, 3.05) is 20.2 Å². The number of ether oxygens (including phenoxy) is 1. The fourth-order valence-corrected chi connectivity index (χ4v) is 6.89. The molecule has 2 aromatic rings. The summed E-state index contributed by atoms with van der Waals surface area (Å²) in [7, 11) is -2.24. The average molecular weight is 614 g/mol. The van der Waals surface area contributed by atoms with E-state index in [1.54, 1.807) is 31.1 Å². The van der Waals surface area contributed by atoms with Crippen LogP contribution in [0.5, 0.6) is 5.75 Å². The minimum Gasteiger partial charge on any atom is -0.497 e. The molecule has 2 heterocycles. The van der Waals surface area contributed by atoms with Gasteiger partial charge in [0.25, 0.3) is 0 Å². The van der Waals surface area contributed by atoms with Crippen LogP contribution in [0.1, 0.15) is 50.2 Å². The zero-order valence-electron chi connectivity index (χ0n) is 25.0. The number of nitrogens with two attached hydrogens (primary N) is 1. The van der Waals surface area contributed by atoms with Crippen molar-refractivity contribution in [2.24, 2.45) is 11.7 Å². The molecule has 2 aliphatic rings. The first-order chi connectivity index (χ1) is 20.5. The third-order valence-electron chi connectivity index (χ3n) is 8.48. The van der Waals surface area contributed by atoms with E-state index in [1.807, 2.05) is 31.2 Å². The second kappa shape index (κ2) is 14.3. The summed E-state index contributed by atoms with van der Waals surface area (Å²) in [4.78, 5) is 42.0. The summed E-state index contributed by atoms with van der Waals surface area (Å²) in [5, 5.41) is 5.78. The maximum atomic E-state index is 14.1. The molecule has 0 spiro atoms. The highest BCUT2D eigenvalue weighted by Crippen LogP contribution is 2.34. The van der Waals surface area contributed by atoms with Gasteiger partial charge in [-0.25, -0.2) is 13.1 Å². The van der Waals surface area contributed by atoms with Gasteiger partial charge in [-0.05, 0) is 75.3 Å². The largest absolute Gasteiger partial charge is 0.497 e. The summed E-state index contributed by atoms with van der Waals surface area (Å²) in [6, 6.07) is 11.4. The number of hydrogen-bond donors (Lipinski definition) is 4. The van der Waals surface area contributed by atoms with Crippen molar-refractivity contribution in [3.05, 3.63) is 59.7 Å². The number of carbonyl (C=O) groups excluding carboxylic acids is 3. The van der Waals surface area contributed by atoms with Crippen LogP contribution >= 0.6 is 0 Å². The summed E-state index contributed by atoms with van der Waals surface area (Å²) in [6.07, 6.45) is 3.25. The van der Waals surface area contributed by atoms with Gasteiger partial charge in [-0.15, -0.1) is 0 Å². The van der Waals surface area contributed by atoms with Gasteiger partial charge >= 0.3 is 0 Å². The lowest BCUT2D eigenvalue weighted by atomic mass is 9.93. The Morgan fingerprint density at radius 3 is 2.37 bits per heavy atom. The van der Waals surface area contributed by atoms with Crippen LogP contribution in [0, 0.1) is 12.8 Å². The highest BCUT2D eigenvalue weighted by Gasteiger charge is 2.47. The van der Waals surface area contributed by atoms with E-state index in [-0.39, 0.29) is 29.3 Å². The number of hydrogen-bond acceptors (Lipinski definition) is 7. The first-order valence-electron chi connectivity index (χ1n) is 14.9. The third kappa shape index (κ3) is 7.92. The highest BCUT2D eigenvalue weighted by molar-refractivity contribution is 7.89.